The van der Waals surface area contributed by atoms with Crippen molar-refractivity contribution in [1.29, 1.82) is 0 Å². The normalized spacial score (nSPS) is 12.9. The van der Waals surface area contributed by atoms with Gasteiger partial charge in [-0.1, -0.05) is 56.2 Å². The highest BCUT2D eigenvalue weighted by Crippen LogP contribution is 2.21. The van der Waals surface area contributed by atoms with E-state index in [0.29, 0.717) is 0 Å². The first kappa shape index (κ1) is 18.3. The van der Waals surface area contributed by atoms with Crippen molar-refractivity contribution >= 4 is 0 Å². The monoisotopic (exact) mass is 234 g/mol. The third kappa shape index (κ3) is 12.9. The van der Waals surface area contributed by atoms with Crippen molar-refractivity contribution in [1.82, 2.24) is 0 Å². The average molecular weight is 234 g/mol. The molecular weight excluding hydrogens is 204 g/mol. The number of hydrogen-bond acceptors (Lipinski definition) is 0. The molecule has 0 heteroatoms. The van der Waals surface area contributed by atoms with Gasteiger partial charge in [-0.05, 0) is 39.0 Å². The van der Waals surface area contributed by atoms with E-state index >= 15 is 0 Å². The molecule has 98 valence electrons. The molecule has 0 fully saturated rings. The summed E-state index contributed by atoms with van der Waals surface area (Å²) in [5.41, 5.74) is 3.22. The van der Waals surface area contributed by atoms with E-state index in [1.165, 1.54) is 25.7 Å². The Hall–Kier alpha value is -1.04. The summed E-state index contributed by atoms with van der Waals surface area (Å²) in [6, 6.07) is 0. The molecule has 0 nitrogen and oxygen atoms in total. The number of rotatable bonds is 3. The summed E-state index contributed by atoms with van der Waals surface area (Å²) < 4.78 is 0. The van der Waals surface area contributed by atoms with Gasteiger partial charge in [0, 0.05) is 0 Å². The average Bonchev–Trinajstić information content (AvgIpc) is 2.40. The molecule has 0 bridgehead atoms. The van der Waals surface area contributed by atoms with Crippen molar-refractivity contribution in [3.05, 3.63) is 48.6 Å². The maximum atomic E-state index is 3.48. The van der Waals surface area contributed by atoms with Gasteiger partial charge in [0.15, 0.2) is 0 Å². The molecular formula is C17H30. The summed E-state index contributed by atoms with van der Waals surface area (Å²) in [6.07, 6.45) is 14.4. The lowest BCUT2D eigenvalue weighted by Crippen LogP contribution is -1.91. The maximum Gasteiger partial charge on any atom is -0.0280 e. The molecule has 0 saturated heterocycles. The zero-order valence-electron chi connectivity index (χ0n) is 12.3. The minimum absolute atomic E-state index is 1.08. The van der Waals surface area contributed by atoms with E-state index in [0.717, 1.165) is 6.42 Å². The van der Waals surface area contributed by atoms with Gasteiger partial charge in [-0.15, -0.1) is 13.2 Å². The zero-order chi connectivity index (χ0) is 13.5. The highest BCUT2D eigenvalue weighted by molar-refractivity contribution is 5.23. The molecule has 0 aromatic carbocycles. The van der Waals surface area contributed by atoms with Crippen molar-refractivity contribution in [2.24, 2.45) is 0 Å². The van der Waals surface area contributed by atoms with Crippen LogP contribution in [0.1, 0.15) is 59.8 Å². The first-order valence-electron chi connectivity index (χ1n) is 6.75. The van der Waals surface area contributed by atoms with Crippen LogP contribution in [0.15, 0.2) is 48.6 Å². The molecule has 1 aliphatic rings. The van der Waals surface area contributed by atoms with Crippen molar-refractivity contribution in [3.8, 4) is 0 Å². The first-order valence-corrected chi connectivity index (χ1v) is 6.75. The Morgan fingerprint density at radius 1 is 1.00 bits per heavy atom. The maximum absolute atomic E-state index is 3.48. The zero-order valence-corrected chi connectivity index (χ0v) is 12.3. The summed E-state index contributed by atoms with van der Waals surface area (Å²) in [7, 11) is 0. The van der Waals surface area contributed by atoms with E-state index in [2.05, 4.69) is 46.1 Å². The number of allylic oxidation sites excluding steroid dienone is 6. The van der Waals surface area contributed by atoms with Crippen LogP contribution >= 0.6 is 0 Å². The highest BCUT2D eigenvalue weighted by atomic mass is 14.1. The summed E-state index contributed by atoms with van der Waals surface area (Å²) in [5, 5.41) is 0. The minimum atomic E-state index is 1.08. The molecule has 0 aromatic rings. The third-order valence-electron chi connectivity index (χ3n) is 2.52. The van der Waals surface area contributed by atoms with Crippen molar-refractivity contribution < 1.29 is 0 Å². The molecule has 0 spiro atoms. The van der Waals surface area contributed by atoms with Crippen molar-refractivity contribution in [2.45, 2.75) is 59.8 Å². The second-order valence-electron chi connectivity index (χ2n) is 3.96. The van der Waals surface area contributed by atoms with Crippen LogP contribution in [0.25, 0.3) is 0 Å². The fourth-order valence-corrected chi connectivity index (χ4v) is 1.31. The van der Waals surface area contributed by atoms with Crippen LogP contribution in [0, 0.1) is 0 Å². The van der Waals surface area contributed by atoms with Crippen LogP contribution in [-0.2, 0) is 0 Å². The Balaban J connectivity index is 0. The molecule has 17 heavy (non-hydrogen) atoms. The smallest absolute Gasteiger partial charge is 0.0280 e. The summed E-state index contributed by atoms with van der Waals surface area (Å²) in [4.78, 5) is 0. The third-order valence-corrected chi connectivity index (χ3v) is 2.52. The molecule has 0 unspecified atom stereocenters. The predicted molar refractivity (Wildman–Crippen MR) is 82.3 cm³/mol. The fraction of sp³-hybridized carbons (Fsp3) is 0.529. The quantitative estimate of drug-likeness (QED) is 0.508. The second kappa shape index (κ2) is 15.0. The lowest BCUT2D eigenvalue weighted by atomic mass is 9.96. The SMILES string of the molecule is C=CC.C=CCC.CCC1=CC=C(CC)CC1. The van der Waals surface area contributed by atoms with Crippen LogP contribution in [0.5, 0.6) is 0 Å². The molecule has 0 saturated carbocycles. The van der Waals surface area contributed by atoms with Gasteiger partial charge in [0.1, 0.15) is 0 Å². The first-order chi connectivity index (χ1) is 8.19. The topological polar surface area (TPSA) is 0 Å². The molecule has 0 N–H and O–H groups in total. The van der Waals surface area contributed by atoms with Crippen molar-refractivity contribution in [3.63, 3.8) is 0 Å². The minimum Gasteiger partial charge on any atom is -0.103 e. The fourth-order valence-electron chi connectivity index (χ4n) is 1.31. The molecule has 0 amide bonds. The van der Waals surface area contributed by atoms with Gasteiger partial charge in [0.25, 0.3) is 0 Å². The Kier molecular flexibility index (Phi) is 16.1. The Labute approximate surface area is 109 Å². The van der Waals surface area contributed by atoms with Crippen LogP contribution < -0.4 is 0 Å². The van der Waals surface area contributed by atoms with E-state index < -0.39 is 0 Å². The second-order valence-corrected chi connectivity index (χ2v) is 3.96. The van der Waals surface area contributed by atoms with Gasteiger partial charge in [0.05, 0.1) is 0 Å². The summed E-state index contributed by atoms with van der Waals surface area (Å²) in [6.45, 7) is 15.3. The van der Waals surface area contributed by atoms with Gasteiger partial charge in [-0.3, -0.25) is 0 Å². The lowest BCUT2D eigenvalue weighted by Gasteiger charge is -2.11. The molecule has 0 atom stereocenters. The molecule has 1 rings (SSSR count). The van der Waals surface area contributed by atoms with Gasteiger partial charge >= 0.3 is 0 Å². The standard InChI is InChI=1S/C10H16.C4H8.C3H6/c1-3-9-5-7-10(4-2)8-6-9;1-3-4-2;1-3-2/h5,7H,3-4,6,8H2,1-2H3;3H,1,4H2,2H3;3H,1H2,2H3. The molecule has 1 aliphatic carbocycles. The number of hydrogen-bond donors (Lipinski definition) is 0. The van der Waals surface area contributed by atoms with Crippen LogP contribution in [0.2, 0.25) is 0 Å². The van der Waals surface area contributed by atoms with Gasteiger partial charge < -0.3 is 0 Å². The largest absolute Gasteiger partial charge is 0.103 e. The van der Waals surface area contributed by atoms with Crippen LogP contribution in [-0.4, -0.2) is 0 Å². The predicted octanol–water partition coefficient (Wildman–Crippen LogP) is 6.23. The Bertz CT molecular complexity index is 221. The van der Waals surface area contributed by atoms with Crippen LogP contribution in [0.3, 0.4) is 0 Å². The lowest BCUT2D eigenvalue weighted by molar-refractivity contribution is 0.824. The van der Waals surface area contributed by atoms with E-state index in [1.54, 1.807) is 17.2 Å². The van der Waals surface area contributed by atoms with Gasteiger partial charge in [-0.25, -0.2) is 0 Å². The Morgan fingerprint density at radius 2 is 1.29 bits per heavy atom. The molecule has 0 radical (unpaired) electrons. The highest BCUT2D eigenvalue weighted by Gasteiger charge is 2.01. The van der Waals surface area contributed by atoms with E-state index in [4.69, 9.17) is 0 Å². The molecule has 0 heterocycles. The Morgan fingerprint density at radius 3 is 1.41 bits per heavy atom. The van der Waals surface area contributed by atoms with Crippen LogP contribution in [0.4, 0.5) is 0 Å². The molecule has 0 aliphatic heterocycles. The summed E-state index contributed by atoms with van der Waals surface area (Å²) >= 11 is 0. The van der Waals surface area contributed by atoms with Crippen molar-refractivity contribution in [2.75, 3.05) is 0 Å². The molecule has 0 aromatic heterocycles. The summed E-state index contributed by atoms with van der Waals surface area (Å²) in [5.74, 6) is 0. The van der Waals surface area contributed by atoms with Gasteiger partial charge in [-0.2, -0.15) is 0 Å². The van der Waals surface area contributed by atoms with E-state index in [-0.39, 0.29) is 0 Å². The van der Waals surface area contributed by atoms with E-state index in [9.17, 15) is 0 Å². The van der Waals surface area contributed by atoms with Gasteiger partial charge in [0.2, 0.25) is 0 Å². The van der Waals surface area contributed by atoms with E-state index in [1.807, 2.05) is 13.0 Å².